The maximum atomic E-state index is 2.39. The second-order valence-electron chi connectivity index (χ2n) is 20.8. The number of anilines is 9. The Morgan fingerprint density at radius 3 is 0.558 bits per heavy atom. The van der Waals surface area contributed by atoms with Gasteiger partial charge in [0.2, 0.25) is 0 Å². The highest BCUT2D eigenvalue weighted by Crippen LogP contribution is 2.42. The highest BCUT2D eigenvalue weighted by molar-refractivity contribution is 5.86. The van der Waals surface area contributed by atoms with Crippen molar-refractivity contribution >= 4 is 51.2 Å². The zero-order valence-electron chi connectivity index (χ0n) is 46.0. The topological polar surface area (TPSA) is 9.72 Å². The van der Waals surface area contributed by atoms with Gasteiger partial charge in [-0.1, -0.05) is 174 Å². The molecule has 0 aromatic heterocycles. The molecule has 10 aromatic carbocycles. The van der Waals surface area contributed by atoms with Gasteiger partial charge in [-0.15, -0.1) is 0 Å². The second kappa shape index (κ2) is 24.5. The summed E-state index contributed by atoms with van der Waals surface area (Å²) in [5.74, 6) is 0. The van der Waals surface area contributed by atoms with Crippen molar-refractivity contribution in [2.75, 3.05) is 14.7 Å². The van der Waals surface area contributed by atoms with Gasteiger partial charge in [0.05, 0.1) is 0 Å². The number of hydrogen-bond donors (Lipinski definition) is 0. The van der Waals surface area contributed by atoms with Crippen molar-refractivity contribution < 1.29 is 0 Å². The van der Waals surface area contributed by atoms with E-state index in [1.54, 1.807) is 0 Å². The molecule has 0 heterocycles. The van der Waals surface area contributed by atoms with Gasteiger partial charge in [-0.3, -0.25) is 0 Å². The Balaban J connectivity index is 1.05. The fraction of sp³-hybridized carbons (Fsp3) is 0.189. The van der Waals surface area contributed by atoms with E-state index < -0.39 is 0 Å². The number of benzene rings is 10. The average Bonchev–Trinajstić information content (AvgIpc) is 3.48. The van der Waals surface area contributed by atoms with E-state index in [1.807, 2.05) is 0 Å². The van der Waals surface area contributed by atoms with Crippen LogP contribution in [0.1, 0.15) is 86.8 Å². The summed E-state index contributed by atoms with van der Waals surface area (Å²) >= 11 is 0. The molecule has 10 rings (SSSR count). The van der Waals surface area contributed by atoms with Crippen LogP contribution in [0.3, 0.4) is 0 Å². The molecule has 0 aliphatic carbocycles. The van der Waals surface area contributed by atoms with E-state index in [4.69, 9.17) is 0 Å². The molecule has 0 aliphatic rings. The van der Waals surface area contributed by atoms with Crippen LogP contribution in [0.25, 0.3) is 33.4 Å². The zero-order valence-corrected chi connectivity index (χ0v) is 46.0. The molecule has 0 unspecified atom stereocenters. The number of aryl methyl sites for hydroxylation is 6. The van der Waals surface area contributed by atoms with E-state index in [9.17, 15) is 0 Å². The lowest BCUT2D eigenvalue weighted by molar-refractivity contribution is 0.921. The maximum absolute atomic E-state index is 2.39. The Morgan fingerprint density at radius 2 is 0.377 bits per heavy atom. The Labute approximate surface area is 459 Å². The van der Waals surface area contributed by atoms with Crippen LogP contribution < -0.4 is 14.7 Å². The third-order valence-electron chi connectivity index (χ3n) is 14.8. The van der Waals surface area contributed by atoms with Crippen LogP contribution in [0, 0.1) is 13.8 Å². The summed E-state index contributed by atoms with van der Waals surface area (Å²) in [5, 5.41) is 0. The van der Waals surface area contributed by atoms with Gasteiger partial charge in [0.25, 0.3) is 0 Å². The second-order valence-corrected chi connectivity index (χ2v) is 20.8. The van der Waals surface area contributed by atoms with Crippen LogP contribution in [0.15, 0.2) is 237 Å². The van der Waals surface area contributed by atoms with Gasteiger partial charge in [-0.25, -0.2) is 0 Å². The first-order valence-electron chi connectivity index (χ1n) is 28.1. The van der Waals surface area contributed by atoms with Crippen molar-refractivity contribution in [3.63, 3.8) is 0 Å². The van der Waals surface area contributed by atoms with Gasteiger partial charge in [0.1, 0.15) is 0 Å². The Bertz CT molecular complexity index is 3240. The largest absolute Gasteiger partial charge is 0.311 e. The van der Waals surface area contributed by atoms with E-state index in [2.05, 4.69) is 293 Å². The van der Waals surface area contributed by atoms with Crippen molar-refractivity contribution in [1.29, 1.82) is 0 Å². The van der Waals surface area contributed by atoms with Crippen molar-refractivity contribution in [1.82, 2.24) is 0 Å². The normalized spacial score (nSPS) is 11.1. The predicted molar refractivity (Wildman–Crippen MR) is 332 cm³/mol. The van der Waals surface area contributed by atoms with Crippen molar-refractivity contribution in [3.05, 3.63) is 270 Å². The van der Waals surface area contributed by atoms with Crippen LogP contribution in [-0.4, -0.2) is 0 Å². The van der Waals surface area contributed by atoms with Crippen LogP contribution in [0.2, 0.25) is 0 Å². The molecule has 77 heavy (non-hydrogen) atoms. The highest BCUT2D eigenvalue weighted by atomic mass is 15.2. The molecule has 0 saturated heterocycles. The van der Waals surface area contributed by atoms with E-state index in [1.165, 1.54) is 38.9 Å². The molecular weight excluding hydrogens is 931 g/mol. The molecule has 10 aromatic rings. The molecule has 0 aliphatic heterocycles. The minimum atomic E-state index is 1.08. The Morgan fingerprint density at radius 1 is 0.208 bits per heavy atom. The first kappa shape index (κ1) is 52.1. The van der Waals surface area contributed by atoms with Gasteiger partial charge >= 0.3 is 0 Å². The maximum Gasteiger partial charge on any atom is 0.0462 e. The van der Waals surface area contributed by atoms with Crippen molar-refractivity contribution in [2.24, 2.45) is 0 Å². The molecular formula is C74H73N3. The summed E-state index contributed by atoms with van der Waals surface area (Å²) < 4.78 is 0. The first-order chi connectivity index (χ1) is 37.8. The van der Waals surface area contributed by atoms with Gasteiger partial charge in [0, 0.05) is 51.2 Å². The monoisotopic (exact) mass is 1000 g/mol. The lowest BCUT2D eigenvalue weighted by atomic mass is 9.93. The van der Waals surface area contributed by atoms with Crippen LogP contribution in [-0.2, 0) is 25.7 Å². The van der Waals surface area contributed by atoms with Gasteiger partial charge < -0.3 is 14.7 Å². The highest BCUT2D eigenvalue weighted by Gasteiger charge is 2.18. The van der Waals surface area contributed by atoms with E-state index in [0.717, 1.165) is 130 Å². The Kier molecular flexibility index (Phi) is 16.6. The van der Waals surface area contributed by atoms with Gasteiger partial charge in [-0.2, -0.15) is 0 Å². The fourth-order valence-corrected chi connectivity index (χ4v) is 10.7. The number of hydrogen-bond acceptors (Lipinski definition) is 3. The molecule has 0 fully saturated rings. The average molecular weight is 1000 g/mol. The summed E-state index contributed by atoms with van der Waals surface area (Å²) in [4.78, 5) is 7.12. The quantitative estimate of drug-likeness (QED) is 0.0753. The molecule has 0 amide bonds. The first-order valence-corrected chi connectivity index (χ1v) is 28.1. The zero-order chi connectivity index (χ0) is 53.1. The molecule has 3 heteroatoms. The van der Waals surface area contributed by atoms with Crippen LogP contribution in [0.5, 0.6) is 0 Å². The fourth-order valence-electron chi connectivity index (χ4n) is 10.7. The van der Waals surface area contributed by atoms with E-state index in [0.29, 0.717) is 0 Å². The third kappa shape index (κ3) is 12.3. The minimum Gasteiger partial charge on any atom is -0.311 e. The SMILES string of the molecule is CCCc1ccc(N(c2ccc(C)cc2)c2ccc(-c3cc(-c4ccc(N(c5ccc(C)cc5)c5ccc(CCC)cc5)cc4)cc(-c4ccc(N(c5ccc(CCC)cc5)c5ccc(CCC)cc5)cc4)c3)cc2)cc1. The molecule has 0 radical (unpaired) electrons. The van der Waals surface area contributed by atoms with Crippen molar-refractivity contribution in [3.8, 4) is 33.4 Å². The summed E-state index contributed by atoms with van der Waals surface area (Å²) in [7, 11) is 0. The van der Waals surface area contributed by atoms with E-state index in [-0.39, 0.29) is 0 Å². The number of nitrogens with zero attached hydrogens (tertiary/aromatic N) is 3. The molecule has 0 spiro atoms. The van der Waals surface area contributed by atoms with Gasteiger partial charge in [0.15, 0.2) is 0 Å². The minimum absolute atomic E-state index is 1.08. The molecule has 384 valence electrons. The van der Waals surface area contributed by atoms with Gasteiger partial charge in [-0.05, 0) is 223 Å². The van der Waals surface area contributed by atoms with E-state index >= 15 is 0 Å². The van der Waals surface area contributed by atoms with Crippen molar-refractivity contribution in [2.45, 2.75) is 92.9 Å². The number of rotatable bonds is 20. The summed E-state index contributed by atoms with van der Waals surface area (Å²) in [5.41, 5.74) is 25.2. The predicted octanol–water partition coefficient (Wildman–Crippen LogP) is 21.5. The lowest BCUT2D eigenvalue weighted by Crippen LogP contribution is -2.10. The summed E-state index contributed by atoms with van der Waals surface area (Å²) in [6.07, 6.45) is 8.83. The Hall–Kier alpha value is -8.40. The smallest absolute Gasteiger partial charge is 0.0462 e. The lowest BCUT2D eigenvalue weighted by Gasteiger charge is -2.26. The molecule has 0 atom stereocenters. The van der Waals surface area contributed by atoms with Crippen LogP contribution >= 0.6 is 0 Å². The summed E-state index contributed by atoms with van der Waals surface area (Å²) in [6.45, 7) is 13.3. The summed E-state index contributed by atoms with van der Waals surface area (Å²) in [6, 6.07) is 88.6. The molecule has 3 nitrogen and oxygen atoms in total. The standard InChI is InChI=1S/C74H73N3/c1-7-11-56-19-37-68(38-20-56)75(66-33-15-54(5)16-34-66)72-45-27-60(28-46-72)63-51-64(61-29-47-73(48-30-61)76(67-35-17-55(6)18-36-67)69-39-21-57(12-8-2)22-40-69)53-65(52-63)62-31-49-74(50-32-62)77(70-41-23-58(13-9-3)24-42-70)71-43-25-59(14-10-4)26-44-71/h15-53H,7-14H2,1-6H3. The molecule has 0 saturated carbocycles. The third-order valence-corrected chi connectivity index (χ3v) is 14.8. The molecule has 0 N–H and O–H groups in total. The molecule has 0 bridgehead atoms. The van der Waals surface area contributed by atoms with Crippen LogP contribution in [0.4, 0.5) is 51.2 Å².